The van der Waals surface area contributed by atoms with Crippen molar-refractivity contribution in [2.45, 2.75) is 26.1 Å². The van der Waals surface area contributed by atoms with Crippen LogP contribution in [0.5, 0.6) is 0 Å². The molecule has 1 aliphatic rings. The third-order valence-electron chi connectivity index (χ3n) is 3.91. The maximum absolute atomic E-state index is 12.6. The Labute approximate surface area is 139 Å². The van der Waals surface area contributed by atoms with Crippen LogP contribution < -0.4 is 10.2 Å². The molecule has 1 heterocycles. The molecule has 0 saturated carbocycles. The number of thioether (sulfide) groups is 1. The van der Waals surface area contributed by atoms with Crippen LogP contribution in [0.3, 0.4) is 0 Å². The van der Waals surface area contributed by atoms with Crippen LogP contribution in [0.1, 0.15) is 16.7 Å². The molecule has 4 nitrogen and oxygen atoms in total. The van der Waals surface area contributed by atoms with Gasteiger partial charge in [-0.3, -0.25) is 9.59 Å². The highest BCUT2D eigenvalue weighted by atomic mass is 32.2. The molecule has 1 saturated heterocycles. The van der Waals surface area contributed by atoms with E-state index in [0.29, 0.717) is 5.69 Å². The highest BCUT2D eigenvalue weighted by Crippen LogP contribution is 2.33. The van der Waals surface area contributed by atoms with Gasteiger partial charge < -0.3 is 5.32 Å². The summed E-state index contributed by atoms with van der Waals surface area (Å²) in [4.78, 5) is 26.1. The maximum atomic E-state index is 12.6. The van der Waals surface area contributed by atoms with Crippen LogP contribution in [-0.2, 0) is 4.79 Å². The van der Waals surface area contributed by atoms with Crippen LogP contribution >= 0.6 is 11.8 Å². The van der Waals surface area contributed by atoms with Gasteiger partial charge in [-0.25, -0.2) is 4.90 Å². The predicted molar refractivity (Wildman–Crippen MR) is 95.0 cm³/mol. The number of nitrogens with one attached hydrogen (secondary N) is 1. The Morgan fingerprint density at radius 2 is 1.78 bits per heavy atom. The quantitative estimate of drug-likeness (QED) is 0.916. The van der Waals surface area contributed by atoms with E-state index in [9.17, 15) is 9.59 Å². The zero-order chi connectivity index (χ0) is 16.6. The van der Waals surface area contributed by atoms with E-state index in [0.717, 1.165) is 28.6 Å². The molecular weight excluding hydrogens is 308 g/mol. The first-order chi connectivity index (χ1) is 11.0. The van der Waals surface area contributed by atoms with Crippen LogP contribution in [0.4, 0.5) is 16.2 Å². The molecule has 0 spiro atoms. The summed E-state index contributed by atoms with van der Waals surface area (Å²) in [5.41, 5.74) is 4.82. The molecule has 2 amide bonds. The summed E-state index contributed by atoms with van der Waals surface area (Å²) < 4.78 is 0. The van der Waals surface area contributed by atoms with Crippen molar-refractivity contribution in [1.29, 1.82) is 0 Å². The van der Waals surface area contributed by atoms with E-state index in [1.807, 2.05) is 57.2 Å². The predicted octanol–water partition coefficient (Wildman–Crippen LogP) is 4.25. The van der Waals surface area contributed by atoms with Crippen molar-refractivity contribution >= 4 is 34.3 Å². The first kappa shape index (κ1) is 15.6. The van der Waals surface area contributed by atoms with Gasteiger partial charge in [0, 0.05) is 5.69 Å². The molecule has 1 unspecified atom stereocenters. The van der Waals surface area contributed by atoms with E-state index in [1.54, 1.807) is 6.07 Å². The summed E-state index contributed by atoms with van der Waals surface area (Å²) in [6.07, 6.45) is 0. The number of rotatable bonds is 3. The average Bonchev–Trinajstić information content (AvgIpc) is 2.77. The zero-order valence-electron chi connectivity index (χ0n) is 13.3. The monoisotopic (exact) mass is 326 g/mol. The molecule has 0 radical (unpaired) electrons. The number of carbonyl (C=O) groups is 2. The van der Waals surface area contributed by atoms with E-state index < -0.39 is 5.37 Å². The number of anilines is 2. The average molecular weight is 326 g/mol. The van der Waals surface area contributed by atoms with Crippen molar-refractivity contribution in [3.63, 3.8) is 0 Å². The molecule has 0 aliphatic carbocycles. The normalized spacial score (nSPS) is 17.7. The van der Waals surface area contributed by atoms with Crippen molar-refractivity contribution in [3.05, 3.63) is 59.2 Å². The fourth-order valence-corrected chi connectivity index (χ4v) is 3.39. The molecular formula is C18H18N2O2S. The second kappa shape index (κ2) is 6.08. The lowest BCUT2D eigenvalue weighted by molar-refractivity contribution is -0.116. The summed E-state index contributed by atoms with van der Waals surface area (Å²) in [5.74, 6) is -0.233. The molecule has 0 bridgehead atoms. The Kier molecular flexibility index (Phi) is 4.13. The van der Waals surface area contributed by atoms with Gasteiger partial charge in [0.25, 0.3) is 11.1 Å². The zero-order valence-corrected chi connectivity index (χ0v) is 14.1. The van der Waals surface area contributed by atoms with E-state index in [-0.39, 0.29) is 11.1 Å². The number of aryl methyl sites for hydroxylation is 3. The summed E-state index contributed by atoms with van der Waals surface area (Å²) in [6, 6.07) is 13.3. The van der Waals surface area contributed by atoms with Crippen LogP contribution in [-0.4, -0.2) is 16.5 Å². The molecule has 1 aliphatic heterocycles. The molecule has 1 atom stereocenters. The molecule has 3 rings (SSSR count). The van der Waals surface area contributed by atoms with Gasteiger partial charge in [0.05, 0.1) is 5.69 Å². The molecule has 118 valence electrons. The highest BCUT2D eigenvalue weighted by Gasteiger charge is 2.40. The van der Waals surface area contributed by atoms with Gasteiger partial charge in [0.15, 0.2) is 5.37 Å². The Balaban J connectivity index is 1.82. The van der Waals surface area contributed by atoms with Crippen molar-refractivity contribution in [2.75, 3.05) is 10.2 Å². The number of imide groups is 1. The lowest BCUT2D eigenvalue weighted by Gasteiger charge is -2.15. The van der Waals surface area contributed by atoms with Crippen LogP contribution in [0.2, 0.25) is 0 Å². The summed E-state index contributed by atoms with van der Waals surface area (Å²) in [6.45, 7) is 6.00. The Morgan fingerprint density at radius 3 is 2.48 bits per heavy atom. The smallest absolute Gasteiger partial charge is 0.295 e. The number of benzene rings is 2. The molecule has 23 heavy (non-hydrogen) atoms. The van der Waals surface area contributed by atoms with E-state index in [4.69, 9.17) is 0 Å². The van der Waals surface area contributed by atoms with Crippen molar-refractivity contribution < 1.29 is 9.59 Å². The topological polar surface area (TPSA) is 49.4 Å². The fraction of sp³-hybridized carbons (Fsp3) is 0.222. The van der Waals surface area contributed by atoms with E-state index in [1.165, 1.54) is 10.5 Å². The largest absolute Gasteiger partial charge is 0.365 e. The fourth-order valence-electron chi connectivity index (χ4n) is 2.48. The van der Waals surface area contributed by atoms with E-state index in [2.05, 4.69) is 5.32 Å². The highest BCUT2D eigenvalue weighted by molar-refractivity contribution is 8.16. The van der Waals surface area contributed by atoms with Crippen molar-refractivity contribution in [3.8, 4) is 0 Å². The maximum Gasteiger partial charge on any atom is 0.295 e. The Bertz CT molecular complexity index is 788. The number of hydrogen-bond acceptors (Lipinski definition) is 4. The number of amides is 2. The molecule has 0 aromatic heterocycles. The summed E-state index contributed by atoms with van der Waals surface area (Å²) in [7, 11) is 0. The summed E-state index contributed by atoms with van der Waals surface area (Å²) in [5, 5.41) is 2.31. The second-order valence-electron chi connectivity index (χ2n) is 5.72. The standard InChI is InChI=1S/C18H18N2O2S/c1-11-5-4-6-15(9-11)20-17(21)16(23-18(20)22)19-14-8-7-12(2)13(3)10-14/h4-10,16,19H,1-3H3. The van der Waals surface area contributed by atoms with Gasteiger partial charge in [-0.05, 0) is 73.5 Å². The summed E-state index contributed by atoms with van der Waals surface area (Å²) >= 11 is 1.01. The minimum absolute atomic E-state index is 0.233. The van der Waals surface area contributed by atoms with Gasteiger partial charge in [-0.15, -0.1) is 0 Å². The lowest BCUT2D eigenvalue weighted by Crippen LogP contribution is -2.34. The Morgan fingerprint density at radius 1 is 1.00 bits per heavy atom. The first-order valence-corrected chi connectivity index (χ1v) is 8.29. The first-order valence-electron chi connectivity index (χ1n) is 7.41. The van der Waals surface area contributed by atoms with Gasteiger partial charge in [0.2, 0.25) is 0 Å². The van der Waals surface area contributed by atoms with Gasteiger partial charge >= 0.3 is 0 Å². The van der Waals surface area contributed by atoms with Crippen LogP contribution in [0.15, 0.2) is 42.5 Å². The minimum atomic E-state index is -0.592. The van der Waals surface area contributed by atoms with Crippen LogP contribution in [0, 0.1) is 20.8 Å². The number of nitrogens with zero attached hydrogens (tertiary/aromatic N) is 1. The third-order valence-corrected chi connectivity index (χ3v) is 4.85. The van der Waals surface area contributed by atoms with Crippen molar-refractivity contribution in [1.82, 2.24) is 0 Å². The number of hydrogen-bond donors (Lipinski definition) is 1. The molecule has 2 aromatic rings. The van der Waals surface area contributed by atoms with Crippen molar-refractivity contribution in [2.24, 2.45) is 0 Å². The third kappa shape index (κ3) is 3.10. The van der Waals surface area contributed by atoms with Gasteiger partial charge in [-0.1, -0.05) is 18.2 Å². The van der Waals surface area contributed by atoms with Gasteiger partial charge in [-0.2, -0.15) is 0 Å². The Hall–Kier alpha value is -2.27. The molecule has 1 fully saturated rings. The SMILES string of the molecule is Cc1cccc(N2C(=O)SC(Nc3ccc(C)c(C)c3)C2=O)c1. The number of carbonyl (C=O) groups excluding carboxylic acids is 2. The van der Waals surface area contributed by atoms with Crippen LogP contribution in [0.25, 0.3) is 0 Å². The minimum Gasteiger partial charge on any atom is -0.365 e. The van der Waals surface area contributed by atoms with E-state index >= 15 is 0 Å². The molecule has 2 aromatic carbocycles. The molecule has 1 N–H and O–H groups in total. The molecule has 5 heteroatoms. The second-order valence-corrected chi connectivity index (χ2v) is 6.78. The lowest BCUT2D eigenvalue weighted by atomic mass is 10.1. The van der Waals surface area contributed by atoms with Gasteiger partial charge in [0.1, 0.15) is 0 Å².